The molecule has 0 aliphatic carbocycles. The second-order valence-electron chi connectivity index (χ2n) is 12.9. The predicted molar refractivity (Wildman–Crippen MR) is 210 cm³/mol. The fraction of sp³-hybridized carbons (Fsp3) is 0. The number of aromatic nitrogens is 1. The normalized spacial score (nSPS) is 11.6. The summed E-state index contributed by atoms with van der Waals surface area (Å²) >= 11 is 0. The van der Waals surface area contributed by atoms with Crippen molar-refractivity contribution >= 4 is 71.4 Å². The predicted octanol–water partition coefficient (Wildman–Crippen LogP) is 13.2. The maximum absolute atomic E-state index is 6.17. The molecule has 50 heavy (non-hydrogen) atoms. The molecule has 0 N–H and O–H groups in total. The molecule has 3 heteroatoms. The van der Waals surface area contributed by atoms with Crippen molar-refractivity contribution in [2.45, 2.75) is 0 Å². The van der Waals surface area contributed by atoms with Gasteiger partial charge in [0.05, 0.1) is 17.4 Å². The van der Waals surface area contributed by atoms with Gasteiger partial charge in [0.2, 0.25) is 0 Å². The number of hydrogen-bond donors (Lipinski definition) is 0. The van der Waals surface area contributed by atoms with Crippen LogP contribution in [0, 0.1) is 0 Å². The summed E-state index contributed by atoms with van der Waals surface area (Å²) in [5, 5.41) is 8.24. The molecule has 0 aliphatic heterocycles. The Morgan fingerprint density at radius 3 is 1.52 bits per heavy atom. The van der Waals surface area contributed by atoms with E-state index in [1.807, 2.05) is 18.3 Å². The largest absolute Gasteiger partial charge is 0.456 e. The Hall–Kier alpha value is -6.71. The molecular weight excluding hydrogens is 609 g/mol. The van der Waals surface area contributed by atoms with E-state index in [2.05, 4.69) is 169 Å². The number of benzene rings is 8. The summed E-state index contributed by atoms with van der Waals surface area (Å²) in [6, 6.07) is 62.7. The molecule has 2 heterocycles. The lowest BCUT2D eigenvalue weighted by Crippen LogP contribution is -2.10. The van der Waals surface area contributed by atoms with E-state index in [0.717, 1.165) is 49.9 Å². The van der Waals surface area contributed by atoms with Crippen LogP contribution in [-0.2, 0) is 0 Å². The topological polar surface area (TPSA) is 29.3 Å². The van der Waals surface area contributed by atoms with Gasteiger partial charge in [0, 0.05) is 33.6 Å². The molecule has 234 valence electrons. The lowest BCUT2D eigenvalue weighted by molar-refractivity contribution is 0.669. The Bertz CT molecular complexity index is 2750. The van der Waals surface area contributed by atoms with Crippen molar-refractivity contribution in [3.05, 3.63) is 182 Å². The first kappa shape index (κ1) is 28.3. The van der Waals surface area contributed by atoms with Crippen molar-refractivity contribution in [1.29, 1.82) is 0 Å². The van der Waals surface area contributed by atoms with Crippen molar-refractivity contribution in [3.8, 4) is 22.3 Å². The van der Waals surface area contributed by atoms with Crippen LogP contribution in [0.15, 0.2) is 187 Å². The molecule has 0 saturated carbocycles. The molecule has 3 nitrogen and oxygen atoms in total. The molecule has 8 aromatic carbocycles. The van der Waals surface area contributed by atoms with Crippen LogP contribution < -0.4 is 4.90 Å². The van der Waals surface area contributed by atoms with Gasteiger partial charge in [-0.15, -0.1) is 0 Å². The zero-order chi connectivity index (χ0) is 33.0. The van der Waals surface area contributed by atoms with Crippen LogP contribution >= 0.6 is 0 Å². The maximum atomic E-state index is 6.17. The van der Waals surface area contributed by atoms with Gasteiger partial charge in [-0.1, -0.05) is 115 Å². The van der Waals surface area contributed by atoms with Crippen LogP contribution in [0.5, 0.6) is 0 Å². The summed E-state index contributed by atoms with van der Waals surface area (Å²) in [6.45, 7) is 0. The monoisotopic (exact) mass is 638 g/mol. The summed E-state index contributed by atoms with van der Waals surface area (Å²) < 4.78 is 6.17. The van der Waals surface area contributed by atoms with Crippen LogP contribution in [0.1, 0.15) is 0 Å². The molecule has 0 spiro atoms. The number of fused-ring (bicyclic) bond motifs is 6. The average Bonchev–Trinajstić information content (AvgIpc) is 3.54. The molecule has 10 rings (SSSR count). The van der Waals surface area contributed by atoms with Crippen LogP contribution in [0.2, 0.25) is 0 Å². The molecular formula is C47H30N2O. The fourth-order valence-corrected chi connectivity index (χ4v) is 7.25. The molecule has 0 fully saturated rings. The Morgan fingerprint density at radius 1 is 0.360 bits per heavy atom. The molecule has 10 aromatic rings. The minimum Gasteiger partial charge on any atom is -0.456 e. The summed E-state index contributed by atoms with van der Waals surface area (Å²) in [5.41, 5.74) is 10.5. The SMILES string of the molecule is c1ccc2cc(-c3ccc(N(c4ccc(-c5ccc6ccccc6c5)cc4)c4cnc5cc6oc7ccccc7c6cc5c4)cc3)ccc2c1. The summed E-state index contributed by atoms with van der Waals surface area (Å²) in [7, 11) is 0. The number of nitrogens with zero attached hydrogens (tertiary/aromatic N) is 2. The van der Waals surface area contributed by atoms with Crippen LogP contribution in [0.3, 0.4) is 0 Å². The number of furan rings is 1. The van der Waals surface area contributed by atoms with Gasteiger partial charge in [-0.25, -0.2) is 0 Å². The number of hydrogen-bond acceptors (Lipinski definition) is 3. The zero-order valence-corrected chi connectivity index (χ0v) is 27.1. The highest BCUT2D eigenvalue weighted by Gasteiger charge is 2.16. The van der Waals surface area contributed by atoms with E-state index >= 15 is 0 Å². The summed E-state index contributed by atoms with van der Waals surface area (Å²) in [5.74, 6) is 0. The van der Waals surface area contributed by atoms with Crippen molar-refractivity contribution < 1.29 is 4.42 Å². The van der Waals surface area contributed by atoms with Crippen molar-refractivity contribution in [1.82, 2.24) is 4.98 Å². The first-order valence-corrected chi connectivity index (χ1v) is 16.9. The third-order valence-corrected chi connectivity index (χ3v) is 9.84. The first-order chi connectivity index (χ1) is 24.7. The number of rotatable bonds is 5. The zero-order valence-electron chi connectivity index (χ0n) is 27.1. The Morgan fingerprint density at radius 2 is 0.900 bits per heavy atom. The van der Waals surface area contributed by atoms with Crippen LogP contribution in [0.25, 0.3) is 76.6 Å². The second kappa shape index (κ2) is 11.5. The highest BCUT2D eigenvalue weighted by Crippen LogP contribution is 2.39. The Balaban J connectivity index is 1.08. The molecule has 0 unspecified atom stereocenters. The molecule has 0 radical (unpaired) electrons. The van der Waals surface area contributed by atoms with Gasteiger partial charge in [-0.3, -0.25) is 4.98 Å². The van der Waals surface area contributed by atoms with Gasteiger partial charge in [-0.05, 0) is 98.4 Å². The van der Waals surface area contributed by atoms with E-state index in [1.54, 1.807) is 0 Å². The number of para-hydroxylation sites is 1. The van der Waals surface area contributed by atoms with E-state index in [1.165, 1.54) is 43.8 Å². The van der Waals surface area contributed by atoms with Gasteiger partial charge in [0.15, 0.2) is 0 Å². The Kier molecular flexibility index (Phi) is 6.49. The smallest absolute Gasteiger partial charge is 0.137 e. The molecule has 0 atom stereocenters. The molecule has 0 amide bonds. The molecule has 0 aliphatic rings. The van der Waals surface area contributed by atoms with E-state index in [0.29, 0.717) is 0 Å². The van der Waals surface area contributed by atoms with E-state index < -0.39 is 0 Å². The van der Waals surface area contributed by atoms with Gasteiger partial charge in [-0.2, -0.15) is 0 Å². The quantitative estimate of drug-likeness (QED) is 0.188. The molecule has 2 aromatic heterocycles. The highest BCUT2D eigenvalue weighted by molar-refractivity contribution is 6.09. The molecule has 0 saturated heterocycles. The molecule has 0 bridgehead atoms. The Labute approximate surface area is 289 Å². The number of pyridine rings is 1. The van der Waals surface area contributed by atoms with Crippen molar-refractivity contribution in [3.63, 3.8) is 0 Å². The first-order valence-electron chi connectivity index (χ1n) is 16.9. The van der Waals surface area contributed by atoms with Crippen LogP contribution in [-0.4, -0.2) is 4.98 Å². The minimum absolute atomic E-state index is 0.851. The average molecular weight is 639 g/mol. The van der Waals surface area contributed by atoms with Gasteiger partial charge < -0.3 is 9.32 Å². The minimum atomic E-state index is 0.851. The maximum Gasteiger partial charge on any atom is 0.137 e. The summed E-state index contributed by atoms with van der Waals surface area (Å²) in [4.78, 5) is 7.25. The van der Waals surface area contributed by atoms with Gasteiger partial charge in [0.25, 0.3) is 0 Å². The lowest BCUT2D eigenvalue weighted by Gasteiger charge is -2.26. The number of anilines is 3. The third kappa shape index (κ3) is 4.87. The third-order valence-electron chi connectivity index (χ3n) is 9.84. The second-order valence-corrected chi connectivity index (χ2v) is 12.9. The van der Waals surface area contributed by atoms with Crippen LogP contribution in [0.4, 0.5) is 17.1 Å². The lowest BCUT2D eigenvalue weighted by atomic mass is 10.00. The summed E-state index contributed by atoms with van der Waals surface area (Å²) in [6.07, 6.45) is 1.96. The van der Waals surface area contributed by atoms with E-state index in [-0.39, 0.29) is 0 Å². The van der Waals surface area contributed by atoms with Crippen molar-refractivity contribution in [2.24, 2.45) is 0 Å². The van der Waals surface area contributed by atoms with Gasteiger partial charge in [0.1, 0.15) is 11.2 Å². The standard InChI is InChI=1S/C47H30N2O/c1-3-9-35-25-37(15-13-31(35)7-1)33-17-21-40(22-18-33)49(41-23-19-34(20-24-41)38-16-14-32-8-2-4-10-36(32)26-38)42-27-39-28-44-43-11-5-6-12-46(43)50-47(44)29-45(39)48-30-42/h1-30H. The highest BCUT2D eigenvalue weighted by atomic mass is 16.3. The van der Waals surface area contributed by atoms with E-state index in [4.69, 9.17) is 9.40 Å². The van der Waals surface area contributed by atoms with E-state index in [9.17, 15) is 0 Å². The fourth-order valence-electron chi connectivity index (χ4n) is 7.25. The van der Waals surface area contributed by atoms with Gasteiger partial charge >= 0.3 is 0 Å². The van der Waals surface area contributed by atoms with Crippen molar-refractivity contribution in [2.75, 3.05) is 4.90 Å².